The number of carbonyl (C=O) groups is 2. The molecule has 3 aliphatic rings. The van der Waals surface area contributed by atoms with Crippen LogP contribution < -0.4 is 5.32 Å². The van der Waals surface area contributed by atoms with Crippen molar-refractivity contribution in [1.29, 1.82) is 0 Å². The van der Waals surface area contributed by atoms with E-state index in [2.05, 4.69) is 10.3 Å². The summed E-state index contributed by atoms with van der Waals surface area (Å²) in [6.07, 6.45) is 2.56. The zero-order valence-corrected chi connectivity index (χ0v) is 13.9. The third kappa shape index (κ3) is 2.93. The molecule has 0 saturated carbocycles. The van der Waals surface area contributed by atoms with Crippen LogP contribution in [0.5, 0.6) is 0 Å². The molecular weight excluding hydrogens is 332 g/mol. The van der Waals surface area contributed by atoms with Crippen LogP contribution in [0.1, 0.15) is 17.9 Å². The lowest BCUT2D eigenvalue weighted by Crippen LogP contribution is -2.63. The molecule has 4 heterocycles. The second kappa shape index (κ2) is 6.22. The predicted octanol–water partition coefficient (Wildman–Crippen LogP) is 0.843. The molecule has 128 valence electrons. The number of nitrogens with one attached hydrogen (secondary N) is 1. The Labute approximate surface area is 144 Å². The molecule has 2 atom stereocenters. The van der Waals surface area contributed by atoms with Crippen LogP contribution in [0.25, 0.3) is 0 Å². The maximum absolute atomic E-state index is 12.6. The Hall–Kier alpha value is -1.86. The van der Waals surface area contributed by atoms with Crippen LogP contribution in [0.4, 0.5) is 4.79 Å². The van der Waals surface area contributed by atoms with E-state index >= 15 is 0 Å². The van der Waals surface area contributed by atoms with Gasteiger partial charge in [0.15, 0.2) is 0 Å². The molecule has 8 heteroatoms. The molecule has 1 aromatic rings. The predicted molar refractivity (Wildman–Crippen MR) is 86.8 cm³/mol. The highest BCUT2D eigenvalue weighted by atomic mass is 35.5. The quantitative estimate of drug-likeness (QED) is 0.762. The average Bonchev–Trinajstić information content (AvgIpc) is 2.54. The topological polar surface area (TPSA) is 74.8 Å². The molecule has 3 amide bonds. The highest BCUT2D eigenvalue weighted by Gasteiger charge is 2.40. The molecule has 24 heavy (non-hydrogen) atoms. The molecule has 3 aliphatic heterocycles. The van der Waals surface area contributed by atoms with Crippen molar-refractivity contribution in [3.63, 3.8) is 0 Å². The zero-order valence-electron chi connectivity index (χ0n) is 13.2. The van der Waals surface area contributed by atoms with Gasteiger partial charge < -0.3 is 19.9 Å². The number of nitrogens with zero attached hydrogens (tertiary/aromatic N) is 3. The van der Waals surface area contributed by atoms with E-state index in [1.165, 1.54) is 0 Å². The van der Waals surface area contributed by atoms with E-state index in [1.54, 1.807) is 12.3 Å². The third-order valence-electron chi connectivity index (χ3n) is 4.97. The molecule has 0 radical (unpaired) electrons. The fraction of sp³-hybridized carbons (Fsp3) is 0.562. The van der Waals surface area contributed by atoms with Crippen molar-refractivity contribution >= 4 is 23.5 Å². The van der Waals surface area contributed by atoms with Crippen molar-refractivity contribution in [3.05, 3.63) is 29.0 Å². The Bertz CT molecular complexity index is 647. The van der Waals surface area contributed by atoms with Crippen molar-refractivity contribution in [3.8, 4) is 0 Å². The summed E-state index contributed by atoms with van der Waals surface area (Å²) in [5, 5.41) is 3.40. The number of rotatable bonds is 1. The Morgan fingerprint density at radius 1 is 1.29 bits per heavy atom. The molecule has 0 bridgehead atoms. The van der Waals surface area contributed by atoms with E-state index in [1.807, 2.05) is 15.9 Å². The van der Waals surface area contributed by atoms with Crippen LogP contribution in [0, 0.1) is 0 Å². The Kier molecular flexibility index (Phi) is 4.05. The number of aromatic nitrogens is 1. The molecule has 1 N–H and O–H groups in total. The average molecular weight is 351 g/mol. The number of fused-ring (bicyclic) bond motifs is 1. The molecule has 0 aliphatic carbocycles. The van der Waals surface area contributed by atoms with E-state index in [0.717, 1.165) is 12.0 Å². The number of pyridine rings is 1. The van der Waals surface area contributed by atoms with Crippen molar-refractivity contribution in [2.24, 2.45) is 0 Å². The van der Waals surface area contributed by atoms with Gasteiger partial charge in [-0.15, -0.1) is 0 Å². The number of ether oxygens (including phenoxy) is 1. The van der Waals surface area contributed by atoms with Crippen LogP contribution >= 0.6 is 11.6 Å². The first-order valence-electron chi connectivity index (χ1n) is 8.16. The van der Waals surface area contributed by atoms with Crippen LogP contribution in [-0.4, -0.2) is 71.7 Å². The Balaban J connectivity index is 1.32. The van der Waals surface area contributed by atoms with Gasteiger partial charge in [-0.25, -0.2) is 9.78 Å². The van der Waals surface area contributed by atoms with E-state index < -0.39 is 0 Å². The van der Waals surface area contributed by atoms with Gasteiger partial charge in [-0.05, 0) is 18.1 Å². The lowest BCUT2D eigenvalue weighted by Gasteiger charge is -2.46. The van der Waals surface area contributed by atoms with Gasteiger partial charge in [-0.2, -0.15) is 0 Å². The van der Waals surface area contributed by atoms with E-state index in [0.29, 0.717) is 37.3 Å². The van der Waals surface area contributed by atoms with Crippen molar-refractivity contribution in [2.45, 2.75) is 24.5 Å². The van der Waals surface area contributed by atoms with Crippen LogP contribution in [0.15, 0.2) is 18.3 Å². The van der Waals surface area contributed by atoms with E-state index in [9.17, 15) is 9.59 Å². The first-order valence-corrected chi connectivity index (χ1v) is 8.54. The molecule has 1 aromatic heterocycles. The van der Waals surface area contributed by atoms with Crippen LogP contribution in [0.2, 0.25) is 5.15 Å². The number of morpholine rings is 1. The molecule has 0 aromatic carbocycles. The Morgan fingerprint density at radius 3 is 2.88 bits per heavy atom. The van der Waals surface area contributed by atoms with E-state index in [4.69, 9.17) is 16.3 Å². The van der Waals surface area contributed by atoms with Gasteiger partial charge in [0, 0.05) is 38.3 Å². The fourth-order valence-corrected chi connectivity index (χ4v) is 3.66. The molecule has 7 nitrogen and oxygen atoms in total. The second-order valence-corrected chi connectivity index (χ2v) is 6.94. The van der Waals surface area contributed by atoms with Crippen LogP contribution in [0.3, 0.4) is 0 Å². The number of halogens is 1. The molecule has 3 fully saturated rings. The first-order chi connectivity index (χ1) is 11.6. The molecule has 3 saturated heterocycles. The summed E-state index contributed by atoms with van der Waals surface area (Å²) in [5.41, 5.74) is 1.11. The van der Waals surface area contributed by atoms with Gasteiger partial charge in [0.1, 0.15) is 11.8 Å². The van der Waals surface area contributed by atoms with Gasteiger partial charge >= 0.3 is 6.03 Å². The minimum Gasteiger partial charge on any atom is -0.366 e. The number of piperidine rings is 1. The number of amides is 3. The van der Waals surface area contributed by atoms with Crippen molar-refractivity contribution < 1.29 is 14.3 Å². The fourth-order valence-electron chi connectivity index (χ4n) is 3.55. The summed E-state index contributed by atoms with van der Waals surface area (Å²) in [6.45, 7) is 2.68. The number of carbonyl (C=O) groups excluding carboxylic acids is 2. The van der Waals surface area contributed by atoms with Crippen molar-refractivity contribution in [2.75, 3.05) is 32.8 Å². The summed E-state index contributed by atoms with van der Waals surface area (Å²) in [7, 11) is 0. The highest BCUT2D eigenvalue weighted by Crippen LogP contribution is 2.29. The second-order valence-electron chi connectivity index (χ2n) is 6.56. The lowest BCUT2D eigenvalue weighted by molar-refractivity contribution is -0.139. The monoisotopic (exact) mass is 350 g/mol. The zero-order chi connectivity index (χ0) is 16.7. The van der Waals surface area contributed by atoms with Gasteiger partial charge in [0.05, 0.1) is 12.1 Å². The summed E-state index contributed by atoms with van der Waals surface area (Å²) in [5.74, 6) is 0.207. The first kappa shape index (κ1) is 15.7. The summed E-state index contributed by atoms with van der Waals surface area (Å²) >= 11 is 5.80. The number of hydrogen-bond donors (Lipinski definition) is 1. The van der Waals surface area contributed by atoms with Gasteiger partial charge in [-0.1, -0.05) is 17.7 Å². The maximum Gasteiger partial charge on any atom is 0.320 e. The van der Waals surface area contributed by atoms with Gasteiger partial charge in [0.25, 0.3) is 0 Å². The smallest absolute Gasteiger partial charge is 0.320 e. The third-order valence-corrected chi connectivity index (χ3v) is 5.19. The van der Waals surface area contributed by atoms with E-state index in [-0.39, 0.29) is 30.7 Å². The van der Waals surface area contributed by atoms with Gasteiger partial charge in [0.2, 0.25) is 5.91 Å². The van der Waals surface area contributed by atoms with Gasteiger partial charge in [-0.3, -0.25) is 4.79 Å². The highest BCUT2D eigenvalue weighted by molar-refractivity contribution is 6.29. The molecular formula is C16H19ClN4O3. The lowest BCUT2D eigenvalue weighted by atomic mass is 9.93. The number of likely N-dealkylation sites (tertiary alicyclic amines) is 2. The molecule has 1 unspecified atom stereocenters. The molecule has 0 spiro atoms. The maximum atomic E-state index is 12.6. The summed E-state index contributed by atoms with van der Waals surface area (Å²) in [6, 6.07) is 3.67. The summed E-state index contributed by atoms with van der Waals surface area (Å²) < 4.78 is 5.53. The minimum atomic E-state index is -0.107. The minimum absolute atomic E-state index is 0.0241. The SMILES string of the molecule is O=C1COC2CCN(C(=O)N3CC(c4ccc(Cl)nc4)C3)C[C@H]2N1. The number of urea groups is 1. The Morgan fingerprint density at radius 2 is 2.12 bits per heavy atom. The standard InChI is InChI=1S/C16H19ClN4O3/c17-14-2-1-10(5-18-14)11-6-21(7-11)16(23)20-4-3-13-12(8-20)19-15(22)9-24-13/h1-2,5,11-13H,3-4,6-9H2,(H,19,22)/t12-,13?/m1/s1. The van der Waals surface area contributed by atoms with Crippen LogP contribution in [-0.2, 0) is 9.53 Å². The summed E-state index contributed by atoms with van der Waals surface area (Å²) in [4.78, 5) is 31.8. The largest absolute Gasteiger partial charge is 0.366 e. The number of hydrogen-bond acceptors (Lipinski definition) is 4. The molecule has 4 rings (SSSR count). The normalized spacial score (nSPS) is 27.3. The van der Waals surface area contributed by atoms with Crippen molar-refractivity contribution in [1.82, 2.24) is 20.1 Å².